The lowest BCUT2D eigenvalue weighted by molar-refractivity contribution is -0.132. The quantitative estimate of drug-likeness (QED) is 0.792. The van der Waals surface area contributed by atoms with Gasteiger partial charge in [-0.3, -0.25) is 14.4 Å². The Hall–Kier alpha value is -3.00. The standard InChI is InChI=1S/C21H27N5O3/c1-3-10-26-19(27)9-8-18(23-26)21(29)22-17-6-4-16(5-7-17)15-20(28)25-13-11-24(2)12-14-25/h4-9H,3,10-15H2,1-2H3,(H,22,29). The molecule has 1 aliphatic heterocycles. The lowest BCUT2D eigenvalue weighted by Gasteiger charge is -2.32. The number of likely N-dealkylation sites (N-methyl/N-ethyl adjacent to an activating group) is 1. The zero-order chi connectivity index (χ0) is 20.8. The zero-order valence-corrected chi connectivity index (χ0v) is 16.9. The summed E-state index contributed by atoms with van der Waals surface area (Å²) in [4.78, 5) is 40.7. The van der Waals surface area contributed by atoms with Crippen LogP contribution >= 0.6 is 0 Å². The van der Waals surface area contributed by atoms with Gasteiger partial charge in [-0.15, -0.1) is 0 Å². The molecule has 2 heterocycles. The molecule has 0 radical (unpaired) electrons. The van der Waals surface area contributed by atoms with Gasteiger partial charge in [-0.05, 0) is 37.2 Å². The van der Waals surface area contributed by atoms with Crippen molar-refractivity contribution < 1.29 is 9.59 Å². The molecule has 1 saturated heterocycles. The molecule has 0 aliphatic carbocycles. The molecule has 0 saturated carbocycles. The molecule has 0 unspecified atom stereocenters. The van der Waals surface area contributed by atoms with Crippen LogP contribution in [0, 0.1) is 0 Å². The number of carbonyl (C=O) groups excluding carboxylic acids is 2. The second kappa shape index (κ2) is 9.47. The van der Waals surface area contributed by atoms with Gasteiger partial charge in [0.25, 0.3) is 11.5 Å². The SMILES string of the molecule is CCCn1nc(C(=O)Nc2ccc(CC(=O)N3CCN(C)CC3)cc2)ccc1=O. The summed E-state index contributed by atoms with van der Waals surface area (Å²) in [5.74, 6) is -0.256. The van der Waals surface area contributed by atoms with Gasteiger partial charge in [0.2, 0.25) is 5.91 Å². The Balaban J connectivity index is 1.59. The molecule has 154 valence electrons. The number of anilines is 1. The van der Waals surface area contributed by atoms with Gasteiger partial charge in [0.05, 0.1) is 6.42 Å². The number of hydrogen-bond acceptors (Lipinski definition) is 5. The van der Waals surface area contributed by atoms with E-state index in [1.165, 1.54) is 16.8 Å². The van der Waals surface area contributed by atoms with Gasteiger partial charge >= 0.3 is 0 Å². The highest BCUT2D eigenvalue weighted by Crippen LogP contribution is 2.13. The average Bonchev–Trinajstić information content (AvgIpc) is 2.71. The van der Waals surface area contributed by atoms with E-state index in [9.17, 15) is 14.4 Å². The molecule has 2 aromatic rings. The van der Waals surface area contributed by atoms with Crippen LogP contribution in [0.3, 0.4) is 0 Å². The summed E-state index contributed by atoms with van der Waals surface area (Å²) < 4.78 is 1.29. The maximum Gasteiger partial charge on any atom is 0.276 e. The summed E-state index contributed by atoms with van der Waals surface area (Å²) in [5.41, 5.74) is 1.48. The summed E-state index contributed by atoms with van der Waals surface area (Å²) in [6.45, 7) is 5.73. The predicted molar refractivity (Wildman–Crippen MR) is 111 cm³/mol. The normalized spacial score (nSPS) is 14.6. The van der Waals surface area contributed by atoms with Crippen LogP contribution in [0.15, 0.2) is 41.2 Å². The number of benzene rings is 1. The van der Waals surface area contributed by atoms with Crippen LogP contribution in [0.1, 0.15) is 29.4 Å². The van der Waals surface area contributed by atoms with Crippen molar-refractivity contribution >= 4 is 17.5 Å². The topological polar surface area (TPSA) is 87.5 Å². The number of hydrogen-bond donors (Lipinski definition) is 1. The van der Waals surface area contributed by atoms with Crippen molar-refractivity contribution in [2.24, 2.45) is 0 Å². The Kier molecular flexibility index (Phi) is 6.77. The summed E-state index contributed by atoms with van der Waals surface area (Å²) in [6, 6.07) is 10.0. The molecule has 1 aliphatic rings. The summed E-state index contributed by atoms with van der Waals surface area (Å²) >= 11 is 0. The average molecular weight is 397 g/mol. The van der Waals surface area contributed by atoms with Crippen molar-refractivity contribution in [3.05, 3.63) is 58.0 Å². The summed E-state index contributed by atoms with van der Waals surface area (Å²) in [6.07, 6.45) is 1.10. The first-order valence-electron chi connectivity index (χ1n) is 9.91. The van der Waals surface area contributed by atoms with Gasteiger partial charge in [0, 0.05) is 44.5 Å². The summed E-state index contributed by atoms with van der Waals surface area (Å²) in [7, 11) is 2.06. The number of aryl methyl sites for hydroxylation is 1. The van der Waals surface area contributed by atoms with Crippen LogP contribution in [0.5, 0.6) is 0 Å². The van der Waals surface area contributed by atoms with Crippen LogP contribution in [0.25, 0.3) is 0 Å². The first kappa shape index (κ1) is 20.7. The highest BCUT2D eigenvalue weighted by atomic mass is 16.2. The fourth-order valence-corrected chi connectivity index (χ4v) is 3.19. The van der Waals surface area contributed by atoms with Gasteiger partial charge in [0.1, 0.15) is 5.69 Å². The minimum Gasteiger partial charge on any atom is -0.340 e. The van der Waals surface area contributed by atoms with E-state index in [1.807, 2.05) is 24.0 Å². The van der Waals surface area contributed by atoms with Crippen molar-refractivity contribution in [3.63, 3.8) is 0 Å². The van der Waals surface area contributed by atoms with Crippen LogP contribution in [0.4, 0.5) is 5.69 Å². The van der Waals surface area contributed by atoms with Crippen LogP contribution < -0.4 is 10.9 Å². The minimum absolute atomic E-state index is 0.122. The summed E-state index contributed by atoms with van der Waals surface area (Å²) in [5, 5.41) is 6.89. The Morgan fingerprint density at radius 1 is 1.03 bits per heavy atom. The van der Waals surface area contributed by atoms with Crippen molar-refractivity contribution in [1.29, 1.82) is 0 Å². The van der Waals surface area contributed by atoms with E-state index in [4.69, 9.17) is 0 Å². The highest BCUT2D eigenvalue weighted by molar-refractivity contribution is 6.02. The molecule has 3 rings (SSSR count). The van der Waals surface area contributed by atoms with E-state index in [0.717, 1.165) is 38.2 Å². The predicted octanol–water partition coefficient (Wildman–Crippen LogP) is 1.22. The zero-order valence-electron chi connectivity index (χ0n) is 16.9. The number of aromatic nitrogens is 2. The van der Waals surface area contributed by atoms with Crippen LogP contribution in [0.2, 0.25) is 0 Å². The fraction of sp³-hybridized carbons (Fsp3) is 0.429. The molecule has 0 bridgehead atoms. The minimum atomic E-state index is -0.379. The smallest absolute Gasteiger partial charge is 0.276 e. The van der Waals surface area contributed by atoms with E-state index >= 15 is 0 Å². The third-order valence-electron chi connectivity index (χ3n) is 4.96. The molecule has 0 atom stereocenters. The van der Waals surface area contributed by atoms with Crippen molar-refractivity contribution in [2.45, 2.75) is 26.3 Å². The Morgan fingerprint density at radius 2 is 1.72 bits per heavy atom. The molecule has 8 heteroatoms. The molecule has 2 amide bonds. The molecule has 1 N–H and O–H groups in total. The number of rotatable bonds is 6. The maximum atomic E-state index is 12.4. The van der Waals surface area contributed by atoms with Crippen molar-refractivity contribution in [2.75, 3.05) is 38.5 Å². The molecule has 29 heavy (non-hydrogen) atoms. The van der Waals surface area contributed by atoms with E-state index in [-0.39, 0.29) is 23.1 Å². The number of carbonyl (C=O) groups is 2. The van der Waals surface area contributed by atoms with E-state index < -0.39 is 0 Å². The van der Waals surface area contributed by atoms with Gasteiger partial charge in [-0.1, -0.05) is 19.1 Å². The van der Waals surface area contributed by atoms with Gasteiger partial charge in [-0.25, -0.2) is 4.68 Å². The van der Waals surface area contributed by atoms with Crippen molar-refractivity contribution in [1.82, 2.24) is 19.6 Å². The maximum absolute atomic E-state index is 12.4. The third kappa shape index (κ3) is 5.51. The van der Waals surface area contributed by atoms with Crippen molar-refractivity contribution in [3.8, 4) is 0 Å². The molecule has 1 aromatic carbocycles. The molecule has 0 spiro atoms. The molecule has 1 aromatic heterocycles. The largest absolute Gasteiger partial charge is 0.340 e. The Labute approximate surface area is 170 Å². The van der Waals surface area contributed by atoms with E-state index in [1.54, 1.807) is 12.1 Å². The fourth-order valence-electron chi connectivity index (χ4n) is 3.19. The van der Waals surface area contributed by atoms with Gasteiger partial charge in [0.15, 0.2) is 0 Å². The second-order valence-corrected chi connectivity index (χ2v) is 7.29. The Bertz CT molecular complexity index is 915. The van der Waals surface area contributed by atoms with Gasteiger partial charge < -0.3 is 15.1 Å². The van der Waals surface area contributed by atoms with E-state index in [2.05, 4.69) is 22.4 Å². The number of piperazine rings is 1. The van der Waals surface area contributed by atoms with E-state index in [0.29, 0.717) is 18.7 Å². The van der Waals surface area contributed by atoms with Gasteiger partial charge in [-0.2, -0.15) is 5.10 Å². The second-order valence-electron chi connectivity index (χ2n) is 7.29. The lowest BCUT2D eigenvalue weighted by atomic mass is 10.1. The molecule has 1 fully saturated rings. The molecular formula is C21H27N5O3. The third-order valence-corrected chi connectivity index (χ3v) is 4.96. The lowest BCUT2D eigenvalue weighted by Crippen LogP contribution is -2.47. The molecular weight excluding hydrogens is 370 g/mol. The van der Waals surface area contributed by atoms with Crippen LogP contribution in [-0.2, 0) is 17.8 Å². The highest BCUT2D eigenvalue weighted by Gasteiger charge is 2.19. The number of nitrogens with one attached hydrogen (secondary N) is 1. The Morgan fingerprint density at radius 3 is 2.38 bits per heavy atom. The van der Waals surface area contributed by atoms with Crippen LogP contribution in [-0.4, -0.2) is 64.6 Å². The first-order chi connectivity index (χ1) is 14.0. The monoisotopic (exact) mass is 397 g/mol. The number of nitrogens with zero attached hydrogens (tertiary/aromatic N) is 4. The molecule has 8 nitrogen and oxygen atoms in total. The first-order valence-corrected chi connectivity index (χ1v) is 9.91. The number of amides is 2.